The summed E-state index contributed by atoms with van der Waals surface area (Å²) in [6.07, 6.45) is 7.15. The number of Topliss-reactive ketones (excluding diaryl/α,β-unsaturated/α-hetero) is 1. The van der Waals surface area contributed by atoms with Gasteiger partial charge in [0.15, 0.2) is 0 Å². The van der Waals surface area contributed by atoms with E-state index in [4.69, 9.17) is 0 Å². The van der Waals surface area contributed by atoms with Gasteiger partial charge in [-0.15, -0.1) is 0 Å². The molecule has 0 aromatic rings. The Labute approximate surface area is 102 Å². The Kier molecular flexibility index (Phi) is 4.82. The van der Waals surface area contributed by atoms with Crippen LogP contribution in [0.3, 0.4) is 0 Å². The first kappa shape index (κ1) is 13.2. The molecule has 3 unspecified atom stereocenters. The first-order valence-electron chi connectivity index (χ1n) is 6.22. The molecular formula is C13H23BrO. The standard InChI is InChI=1S/C13H23BrO/c1-4-6-7-11-8-12(14)13(5-2,9-11)10(3)15/h11-12H,4-9H2,1-3H3. The predicted molar refractivity (Wildman–Crippen MR) is 68.4 cm³/mol. The van der Waals surface area contributed by atoms with Crippen molar-refractivity contribution in [1.82, 2.24) is 0 Å². The molecular weight excluding hydrogens is 252 g/mol. The van der Waals surface area contributed by atoms with E-state index in [9.17, 15) is 4.79 Å². The Bertz CT molecular complexity index is 227. The van der Waals surface area contributed by atoms with Gasteiger partial charge < -0.3 is 0 Å². The van der Waals surface area contributed by atoms with Gasteiger partial charge in [-0.25, -0.2) is 0 Å². The maximum Gasteiger partial charge on any atom is 0.137 e. The summed E-state index contributed by atoms with van der Waals surface area (Å²) < 4.78 is 0. The molecule has 2 heteroatoms. The third-order valence-corrected chi connectivity index (χ3v) is 5.34. The topological polar surface area (TPSA) is 17.1 Å². The predicted octanol–water partition coefficient (Wildman–Crippen LogP) is 4.34. The molecule has 1 aliphatic carbocycles. The Morgan fingerprint density at radius 1 is 1.47 bits per heavy atom. The smallest absolute Gasteiger partial charge is 0.137 e. The van der Waals surface area contributed by atoms with E-state index < -0.39 is 0 Å². The monoisotopic (exact) mass is 274 g/mol. The van der Waals surface area contributed by atoms with Crippen LogP contribution in [0.2, 0.25) is 0 Å². The van der Waals surface area contributed by atoms with E-state index in [-0.39, 0.29) is 5.41 Å². The second kappa shape index (κ2) is 5.47. The molecule has 0 aromatic heterocycles. The van der Waals surface area contributed by atoms with Gasteiger partial charge in [0.05, 0.1) is 0 Å². The van der Waals surface area contributed by atoms with Crippen molar-refractivity contribution in [1.29, 1.82) is 0 Å². The highest BCUT2D eigenvalue weighted by Crippen LogP contribution is 2.50. The Morgan fingerprint density at radius 3 is 2.53 bits per heavy atom. The van der Waals surface area contributed by atoms with Crippen LogP contribution in [0.4, 0.5) is 0 Å². The minimum Gasteiger partial charge on any atom is -0.299 e. The molecule has 1 nitrogen and oxygen atoms in total. The summed E-state index contributed by atoms with van der Waals surface area (Å²) in [5, 5.41) is 0. The van der Waals surface area contributed by atoms with E-state index in [0.29, 0.717) is 10.6 Å². The van der Waals surface area contributed by atoms with Gasteiger partial charge >= 0.3 is 0 Å². The molecule has 1 aliphatic rings. The Hall–Kier alpha value is 0.150. The third-order valence-electron chi connectivity index (χ3n) is 4.09. The van der Waals surface area contributed by atoms with Gasteiger partial charge in [0, 0.05) is 10.2 Å². The minimum absolute atomic E-state index is 0.0571. The summed E-state index contributed by atoms with van der Waals surface area (Å²) in [5.74, 6) is 1.14. The number of hydrogen-bond acceptors (Lipinski definition) is 1. The van der Waals surface area contributed by atoms with Gasteiger partial charge in [-0.1, -0.05) is 49.0 Å². The number of hydrogen-bond donors (Lipinski definition) is 0. The zero-order valence-corrected chi connectivity index (χ0v) is 11.8. The van der Waals surface area contributed by atoms with Crippen molar-refractivity contribution in [3.63, 3.8) is 0 Å². The number of ketones is 1. The van der Waals surface area contributed by atoms with Crippen LogP contribution in [-0.4, -0.2) is 10.6 Å². The maximum absolute atomic E-state index is 11.8. The molecule has 0 radical (unpaired) electrons. The highest BCUT2D eigenvalue weighted by atomic mass is 79.9. The minimum atomic E-state index is -0.0571. The highest BCUT2D eigenvalue weighted by molar-refractivity contribution is 9.09. The molecule has 0 amide bonds. The molecule has 1 fully saturated rings. The van der Waals surface area contributed by atoms with E-state index in [1.54, 1.807) is 6.92 Å². The lowest BCUT2D eigenvalue weighted by Gasteiger charge is -2.28. The molecule has 0 heterocycles. The Balaban J connectivity index is 2.64. The second-order valence-electron chi connectivity index (χ2n) is 4.98. The van der Waals surface area contributed by atoms with Crippen molar-refractivity contribution in [3.05, 3.63) is 0 Å². The van der Waals surface area contributed by atoms with E-state index in [1.165, 1.54) is 25.7 Å². The van der Waals surface area contributed by atoms with Crippen LogP contribution in [0.25, 0.3) is 0 Å². The second-order valence-corrected chi connectivity index (χ2v) is 6.09. The van der Waals surface area contributed by atoms with E-state index in [0.717, 1.165) is 18.8 Å². The van der Waals surface area contributed by atoms with Crippen molar-refractivity contribution >= 4 is 21.7 Å². The lowest BCUT2D eigenvalue weighted by Crippen LogP contribution is -2.32. The number of alkyl halides is 1. The molecule has 0 N–H and O–H groups in total. The summed E-state index contributed by atoms with van der Waals surface area (Å²) in [5.41, 5.74) is -0.0571. The first-order valence-corrected chi connectivity index (χ1v) is 7.13. The molecule has 0 spiro atoms. The van der Waals surface area contributed by atoms with Gasteiger partial charge in [0.1, 0.15) is 5.78 Å². The fraction of sp³-hybridized carbons (Fsp3) is 0.923. The number of carbonyl (C=O) groups is 1. The normalized spacial score (nSPS) is 35.7. The molecule has 15 heavy (non-hydrogen) atoms. The quantitative estimate of drug-likeness (QED) is 0.682. The van der Waals surface area contributed by atoms with Crippen molar-refractivity contribution < 1.29 is 4.79 Å². The largest absolute Gasteiger partial charge is 0.299 e. The summed E-state index contributed by atoms with van der Waals surface area (Å²) in [7, 11) is 0. The molecule has 0 aromatic carbocycles. The van der Waals surface area contributed by atoms with Crippen LogP contribution in [0, 0.1) is 11.3 Å². The fourth-order valence-corrected chi connectivity index (χ4v) is 4.30. The van der Waals surface area contributed by atoms with E-state index >= 15 is 0 Å². The average molecular weight is 275 g/mol. The first-order chi connectivity index (χ1) is 7.06. The summed E-state index contributed by atoms with van der Waals surface area (Å²) in [6.45, 7) is 6.15. The van der Waals surface area contributed by atoms with Gasteiger partial charge in [-0.2, -0.15) is 0 Å². The summed E-state index contributed by atoms with van der Waals surface area (Å²) >= 11 is 3.73. The van der Waals surface area contributed by atoms with Gasteiger partial charge in [-0.05, 0) is 32.1 Å². The number of halogens is 1. The van der Waals surface area contributed by atoms with Crippen LogP contribution in [-0.2, 0) is 4.79 Å². The SMILES string of the molecule is CCCCC1CC(Br)C(CC)(C(C)=O)C1. The van der Waals surface area contributed by atoms with Crippen LogP contribution < -0.4 is 0 Å². The molecule has 3 atom stereocenters. The van der Waals surface area contributed by atoms with Gasteiger partial charge in [-0.3, -0.25) is 4.79 Å². The van der Waals surface area contributed by atoms with Crippen molar-refractivity contribution in [3.8, 4) is 0 Å². The van der Waals surface area contributed by atoms with Gasteiger partial charge in [0.2, 0.25) is 0 Å². The summed E-state index contributed by atoms with van der Waals surface area (Å²) in [4.78, 5) is 12.2. The van der Waals surface area contributed by atoms with E-state index in [1.807, 2.05) is 0 Å². The van der Waals surface area contributed by atoms with Crippen molar-refractivity contribution in [2.75, 3.05) is 0 Å². The van der Waals surface area contributed by atoms with Crippen LogP contribution in [0.1, 0.15) is 59.3 Å². The number of rotatable bonds is 5. The zero-order chi connectivity index (χ0) is 11.5. The van der Waals surface area contributed by atoms with Crippen LogP contribution in [0.5, 0.6) is 0 Å². The molecule has 88 valence electrons. The third kappa shape index (κ3) is 2.64. The lowest BCUT2D eigenvalue weighted by atomic mass is 9.78. The molecule has 0 bridgehead atoms. The molecule has 0 aliphatic heterocycles. The number of unbranched alkanes of at least 4 members (excludes halogenated alkanes) is 1. The van der Waals surface area contributed by atoms with Crippen molar-refractivity contribution in [2.45, 2.75) is 64.1 Å². The number of carbonyl (C=O) groups excluding carboxylic acids is 1. The van der Waals surface area contributed by atoms with Crippen molar-refractivity contribution in [2.24, 2.45) is 11.3 Å². The highest BCUT2D eigenvalue weighted by Gasteiger charge is 2.47. The maximum atomic E-state index is 11.8. The van der Waals surface area contributed by atoms with Crippen LogP contribution in [0.15, 0.2) is 0 Å². The average Bonchev–Trinajstić information content (AvgIpc) is 2.53. The summed E-state index contributed by atoms with van der Waals surface area (Å²) in [6, 6.07) is 0. The fourth-order valence-electron chi connectivity index (χ4n) is 2.94. The molecule has 1 rings (SSSR count). The molecule has 0 saturated heterocycles. The van der Waals surface area contributed by atoms with Crippen LogP contribution >= 0.6 is 15.9 Å². The van der Waals surface area contributed by atoms with Gasteiger partial charge in [0.25, 0.3) is 0 Å². The zero-order valence-electron chi connectivity index (χ0n) is 10.2. The Morgan fingerprint density at radius 2 is 2.13 bits per heavy atom. The van der Waals surface area contributed by atoms with E-state index in [2.05, 4.69) is 29.8 Å². The molecule has 1 saturated carbocycles. The lowest BCUT2D eigenvalue weighted by molar-refractivity contribution is -0.126.